The Hall–Kier alpha value is -2.33. The van der Waals surface area contributed by atoms with E-state index in [1.165, 1.54) is 0 Å². The number of nitrogens with one attached hydrogen (secondary N) is 1. The highest BCUT2D eigenvalue weighted by Gasteiger charge is 2.29. The van der Waals surface area contributed by atoms with Gasteiger partial charge in [0.2, 0.25) is 11.8 Å². The van der Waals surface area contributed by atoms with Gasteiger partial charge in [0.05, 0.1) is 6.42 Å². The molecule has 2 rings (SSSR count). The van der Waals surface area contributed by atoms with Crippen LogP contribution in [0.5, 0.6) is 0 Å². The number of benzene rings is 2. The summed E-state index contributed by atoms with van der Waals surface area (Å²) >= 11 is 6.08. The number of carbonyl (C=O) groups excluding carboxylic acids is 2. The summed E-state index contributed by atoms with van der Waals surface area (Å²) in [7, 11) is 0. The van der Waals surface area contributed by atoms with E-state index in [4.69, 9.17) is 11.6 Å². The van der Waals surface area contributed by atoms with Crippen molar-refractivity contribution in [2.45, 2.75) is 65.6 Å². The first kappa shape index (κ1) is 23.0. The first-order valence-electron chi connectivity index (χ1n) is 10.2. The molecule has 0 heterocycles. The summed E-state index contributed by atoms with van der Waals surface area (Å²) < 4.78 is 0. The maximum atomic E-state index is 13.3. The van der Waals surface area contributed by atoms with Crippen molar-refractivity contribution in [3.63, 3.8) is 0 Å². The van der Waals surface area contributed by atoms with Crippen LogP contribution in [0.25, 0.3) is 0 Å². The van der Waals surface area contributed by atoms with Crippen molar-refractivity contribution in [3.8, 4) is 0 Å². The zero-order chi connectivity index (χ0) is 21.4. The maximum absolute atomic E-state index is 13.3. The van der Waals surface area contributed by atoms with Crippen LogP contribution in [0.2, 0.25) is 5.02 Å². The monoisotopic (exact) mass is 414 g/mol. The van der Waals surface area contributed by atoms with Gasteiger partial charge in [-0.2, -0.15) is 0 Å². The predicted molar refractivity (Wildman–Crippen MR) is 119 cm³/mol. The second kappa shape index (κ2) is 11.0. The largest absolute Gasteiger partial charge is 0.352 e. The summed E-state index contributed by atoms with van der Waals surface area (Å²) in [6.07, 6.45) is 1.60. The smallest absolute Gasteiger partial charge is 0.243 e. The van der Waals surface area contributed by atoms with Crippen LogP contribution in [0.15, 0.2) is 48.5 Å². The van der Waals surface area contributed by atoms with Crippen molar-refractivity contribution in [2.24, 2.45) is 0 Å². The van der Waals surface area contributed by atoms with Crippen LogP contribution in [-0.2, 0) is 22.6 Å². The van der Waals surface area contributed by atoms with Crippen molar-refractivity contribution in [1.82, 2.24) is 10.2 Å². The highest BCUT2D eigenvalue weighted by Crippen LogP contribution is 2.17. The number of hydrogen-bond acceptors (Lipinski definition) is 2. The Labute approximate surface area is 179 Å². The van der Waals surface area contributed by atoms with Gasteiger partial charge in [-0.05, 0) is 49.9 Å². The Morgan fingerprint density at radius 1 is 1.03 bits per heavy atom. The Morgan fingerprint density at radius 2 is 1.72 bits per heavy atom. The quantitative estimate of drug-likeness (QED) is 0.633. The lowest BCUT2D eigenvalue weighted by Crippen LogP contribution is -2.51. The summed E-state index contributed by atoms with van der Waals surface area (Å²) in [4.78, 5) is 27.9. The second-order valence-corrected chi connectivity index (χ2v) is 7.99. The standard InChI is InChI=1S/C24H31ClN2O2/c1-5-18(4)26-24(29)22(6-2)27(16-19-12-10-17(3)11-13-19)23(28)15-20-8-7-9-21(25)14-20/h7-14,18,22H,5-6,15-16H2,1-4H3,(H,26,29)/t18-,22-/m0/s1. The van der Waals surface area contributed by atoms with E-state index in [1.807, 2.05) is 64.1 Å². The molecule has 2 aromatic rings. The number of aryl methyl sites for hydroxylation is 1. The van der Waals surface area contributed by atoms with Crippen LogP contribution in [0.1, 0.15) is 50.3 Å². The fourth-order valence-electron chi connectivity index (χ4n) is 3.17. The summed E-state index contributed by atoms with van der Waals surface area (Å²) in [5.41, 5.74) is 3.01. The van der Waals surface area contributed by atoms with Gasteiger partial charge in [-0.3, -0.25) is 9.59 Å². The normalized spacial score (nSPS) is 12.9. The number of carbonyl (C=O) groups is 2. The minimum absolute atomic E-state index is 0.0702. The molecule has 0 spiro atoms. The Bertz CT molecular complexity index is 820. The zero-order valence-corrected chi connectivity index (χ0v) is 18.5. The Kier molecular flexibility index (Phi) is 8.71. The molecular formula is C24H31ClN2O2. The average Bonchev–Trinajstić information content (AvgIpc) is 2.69. The third-order valence-corrected chi connectivity index (χ3v) is 5.34. The maximum Gasteiger partial charge on any atom is 0.243 e. The average molecular weight is 415 g/mol. The lowest BCUT2D eigenvalue weighted by molar-refractivity contribution is -0.141. The van der Waals surface area contributed by atoms with E-state index >= 15 is 0 Å². The first-order chi connectivity index (χ1) is 13.8. The van der Waals surface area contributed by atoms with Crippen molar-refractivity contribution >= 4 is 23.4 Å². The summed E-state index contributed by atoms with van der Waals surface area (Å²) in [6, 6.07) is 14.9. The van der Waals surface area contributed by atoms with Crippen molar-refractivity contribution in [3.05, 3.63) is 70.2 Å². The van der Waals surface area contributed by atoms with E-state index in [0.29, 0.717) is 18.0 Å². The van der Waals surface area contributed by atoms with Crippen molar-refractivity contribution in [2.75, 3.05) is 0 Å². The van der Waals surface area contributed by atoms with Crippen molar-refractivity contribution in [1.29, 1.82) is 0 Å². The molecule has 0 saturated carbocycles. The molecule has 0 bridgehead atoms. The van der Waals surface area contributed by atoms with E-state index in [0.717, 1.165) is 23.1 Å². The molecule has 4 nitrogen and oxygen atoms in total. The van der Waals surface area contributed by atoms with E-state index < -0.39 is 6.04 Å². The molecule has 0 unspecified atom stereocenters. The van der Waals surface area contributed by atoms with Crippen LogP contribution in [0.4, 0.5) is 0 Å². The third-order valence-electron chi connectivity index (χ3n) is 5.10. The Morgan fingerprint density at radius 3 is 2.31 bits per heavy atom. The molecule has 29 heavy (non-hydrogen) atoms. The second-order valence-electron chi connectivity index (χ2n) is 7.56. The predicted octanol–water partition coefficient (Wildman–Crippen LogP) is 4.91. The molecule has 5 heteroatoms. The van der Waals surface area contributed by atoms with Crippen LogP contribution < -0.4 is 5.32 Å². The van der Waals surface area contributed by atoms with Gasteiger partial charge >= 0.3 is 0 Å². The molecule has 0 aromatic heterocycles. The van der Waals surface area contributed by atoms with Gasteiger partial charge in [0.1, 0.15) is 6.04 Å². The lowest BCUT2D eigenvalue weighted by atomic mass is 10.1. The lowest BCUT2D eigenvalue weighted by Gasteiger charge is -2.31. The van der Waals surface area contributed by atoms with Gasteiger partial charge in [0.15, 0.2) is 0 Å². The van der Waals surface area contributed by atoms with Crippen molar-refractivity contribution < 1.29 is 9.59 Å². The van der Waals surface area contributed by atoms with Gasteiger partial charge in [0.25, 0.3) is 0 Å². The highest BCUT2D eigenvalue weighted by atomic mass is 35.5. The molecule has 0 aliphatic carbocycles. The molecule has 2 atom stereocenters. The van der Waals surface area contributed by atoms with E-state index in [1.54, 1.807) is 17.0 Å². The molecule has 0 aliphatic rings. The van der Waals surface area contributed by atoms with E-state index in [-0.39, 0.29) is 24.3 Å². The summed E-state index contributed by atoms with van der Waals surface area (Å²) in [6.45, 7) is 8.37. The van der Waals surface area contributed by atoms with Crippen LogP contribution in [0, 0.1) is 6.92 Å². The van der Waals surface area contributed by atoms with Gasteiger partial charge < -0.3 is 10.2 Å². The van der Waals surface area contributed by atoms with Gasteiger partial charge in [-0.25, -0.2) is 0 Å². The third kappa shape index (κ3) is 6.90. The number of rotatable bonds is 9. The van der Waals surface area contributed by atoms with Crippen LogP contribution >= 0.6 is 11.6 Å². The number of hydrogen-bond donors (Lipinski definition) is 1. The fourth-order valence-corrected chi connectivity index (χ4v) is 3.39. The molecule has 156 valence electrons. The molecule has 1 N–H and O–H groups in total. The first-order valence-corrected chi connectivity index (χ1v) is 10.6. The number of halogens is 1. The molecule has 2 aromatic carbocycles. The minimum Gasteiger partial charge on any atom is -0.352 e. The zero-order valence-electron chi connectivity index (χ0n) is 17.7. The number of nitrogens with zero attached hydrogens (tertiary/aromatic N) is 1. The van der Waals surface area contributed by atoms with Gasteiger partial charge in [-0.15, -0.1) is 0 Å². The molecule has 0 radical (unpaired) electrons. The summed E-state index contributed by atoms with van der Waals surface area (Å²) in [5.74, 6) is -0.188. The molecule has 0 fully saturated rings. The SMILES string of the molecule is CC[C@H](C)NC(=O)[C@H](CC)N(Cc1ccc(C)cc1)C(=O)Cc1cccc(Cl)c1. The molecule has 0 aliphatic heterocycles. The van der Waals surface area contributed by atoms with E-state index in [2.05, 4.69) is 5.32 Å². The Balaban J connectivity index is 2.28. The molecule has 2 amide bonds. The highest BCUT2D eigenvalue weighted by molar-refractivity contribution is 6.30. The van der Waals surface area contributed by atoms with Crippen LogP contribution in [0.3, 0.4) is 0 Å². The van der Waals surface area contributed by atoms with Crippen LogP contribution in [-0.4, -0.2) is 28.8 Å². The van der Waals surface area contributed by atoms with Gasteiger partial charge in [0, 0.05) is 17.6 Å². The van der Waals surface area contributed by atoms with E-state index in [9.17, 15) is 9.59 Å². The molecule has 0 saturated heterocycles. The topological polar surface area (TPSA) is 49.4 Å². The molecular weight excluding hydrogens is 384 g/mol. The minimum atomic E-state index is -0.517. The summed E-state index contributed by atoms with van der Waals surface area (Å²) in [5, 5.41) is 3.63. The number of amides is 2. The van der Waals surface area contributed by atoms with Gasteiger partial charge in [-0.1, -0.05) is 67.4 Å². The fraction of sp³-hybridized carbons (Fsp3) is 0.417.